The fourth-order valence-corrected chi connectivity index (χ4v) is 2.22. The molecule has 0 aliphatic rings. The summed E-state index contributed by atoms with van der Waals surface area (Å²) in [6.07, 6.45) is 0. The van der Waals surface area contributed by atoms with Crippen LogP contribution in [0.15, 0.2) is 53.0 Å². The summed E-state index contributed by atoms with van der Waals surface area (Å²) in [4.78, 5) is 12.2. The number of amides is 1. The van der Waals surface area contributed by atoms with Crippen LogP contribution in [0.25, 0.3) is 0 Å². The van der Waals surface area contributed by atoms with Gasteiger partial charge in [0.1, 0.15) is 0 Å². The van der Waals surface area contributed by atoms with Crippen molar-refractivity contribution in [3.63, 3.8) is 0 Å². The van der Waals surface area contributed by atoms with Gasteiger partial charge in [-0.3, -0.25) is 4.79 Å². The molecule has 0 aromatic heterocycles. The largest absolute Gasteiger partial charge is 0.398 e. The molecule has 0 bridgehead atoms. The molecule has 0 spiro atoms. The Morgan fingerprint density at radius 1 is 1.21 bits per heavy atom. The lowest BCUT2D eigenvalue weighted by Crippen LogP contribution is -2.27. The first-order chi connectivity index (χ1) is 9.08. The van der Waals surface area contributed by atoms with E-state index >= 15 is 0 Å². The van der Waals surface area contributed by atoms with Crippen LogP contribution < -0.4 is 11.1 Å². The van der Waals surface area contributed by atoms with Gasteiger partial charge in [-0.1, -0.05) is 46.3 Å². The lowest BCUT2D eigenvalue weighted by atomic mass is 10.1. The molecule has 4 heteroatoms. The van der Waals surface area contributed by atoms with Gasteiger partial charge in [-0.05, 0) is 30.7 Å². The van der Waals surface area contributed by atoms with Gasteiger partial charge < -0.3 is 11.1 Å². The van der Waals surface area contributed by atoms with E-state index in [1.54, 1.807) is 18.2 Å². The molecule has 0 saturated heterocycles. The first kappa shape index (κ1) is 13.6. The Bertz CT molecular complexity index is 584. The number of benzene rings is 2. The second-order valence-electron chi connectivity index (χ2n) is 4.34. The molecule has 0 fully saturated rings. The van der Waals surface area contributed by atoms with Crippen molar-refractivity contribution in [3.05, 3.63) is 64.1 Å². The Hall–Kier alpha value is -1.81. The quantitative estimate of drug-likeness (QED) is 0.851. The first-order valence-corrected chi connectivity index (χ1v) is 6.78. The predicted octanol–water partition coefficient (Wildman–Crippen LogP) is 3.52. The Kier molecular flexibility index (Phi) is 4.22. The van der Waals surface area contributed by atoms with E-state index in [0.29, 0.717) is 11.3 Å². The highest BCUT2D eigenvalue weighted by molar-refractivity contribution is 9.10. The average molecular weight is 319 g/mol. The summed E-state index contributed by atoms with van der Waals surface area (Å²) in [5.74, 6) is -0.165. The maximum Gasteiger partial charge on any atom is 0.253 e. The van der Waals surface area contributed by atoms with E-state index in [1.165, 1.54) is 0 Å². The molecule has 1 amide bonds. The number of carbonyl (C=O) groups excluding carboxylic acids is 1. The molecule has 2 aromatic carbocycles. The van der Waals surface area contributed by atoms with E-state index < -0.39 is 0 Å². The number of hydrogen-bond donors (Lipinski definition) is 2. The standard InChI is InChI=1S/C15H15BrN2O/c1-10(11-5-3-2-4-6-11)18-15(19)13-8-7-12(16)9-14(13)17/h2-10H,17H2,1H3,(H,18,19)/t10-/m1/s1. The minimum absolute atomic E-state index is 0.0586. The highest BCUT2D eigenvalue weighted by Gasteiger charge is 2.13. The summed E-state index contributed by atoms with van der Waals surface area (Å²) in [5, 5.41) is 2.94. The first-order valence-electron chi connectivity index (χ1n) is 5.99. The lowest BCUT2D eigenvalue weighted by Gasteiger charge is -2.15. The predicted molar refractivity (Wildman–Crippen MR) is 80.9 cm³/mol. The molecular formula is C15H15BrN2O. The van der Waals surface area contributed by atoms with Crippen LogP contribution in [0.3, 0.4) is 0 Å². The Morgan fingerprint density at radius 2 is 1.89 bits per heavy atom. The van der Waals surface area contributed by atoms with Crippen molar-refractivity contribution in [1.82, 2.24) is 5.32 Å². The monoisotopic (exact) mass is 318 g/mol. The second-order valence-corrected chi connectivity index (χ2v) is 5.25. The zero-order chi connectivity index (χ0) is 13.8. The number of hydrogen-bond acceptors (Lipinski definition) is 2. The van der Waals surface area contributed by atoms with Crippen LogP contribution in [0.4, 0.5) is 5.69 Å². The molecule has 0 saturated carbocycles. The summed E-state index contributed by atoms with van der Waals surface area (Å²) in [5.41, 5.74) is 7.86. The molecule has 0 unspecified atom stereocenters. The van der Waals surface area contributed by atoms with E-state index in [9.17, 15) is 4.79 Å². The number of anilines is 1. The number of nitrogens with one attached hydrogen (secondary N) is 1. The molecule has 0 aliphatic heterocycles. The zero-order valence-electron chi connectivity index (χ0n) is 10.6. The fraction of sp³-hybridized carbons (Fsp3) is 0.133. The molecule has 0 heterocycles. The minimum Gasteiger partial charge on any atom is -0.398 e. The molecule has 0 aliphatic carbocycles. The van der Waals surface area contributed by atoms with Gasteiger partial charge in [0.2, 0.25) is 0 Å². The Balaban J connectivity index is 2.13. The van der Waals surface area contributed by atoms with Crippen molar-refractivity contribution >= 4 is 27.5 Å². The van der Waals surface area contributed by atoms with Gasteiger partial charge in [0.25, 0.3) is 5.91 Å². The third-order valence-electron chi connectivity index (χ3n) is 2.91. The van der Waals surface area contributed by atoms with Crippen LogP contribution in [0.1, 0.15) is 28.9 Å². The Labute approximate surface area is 121 Å². The number of carbonyl (C=O) groups is 1. The highest BCUT2D eigenvalue weighted by Crippen LogP contribution is 2.20. The number of nitrogen functional groups attached to an aromatic ring is 1. The molecular weight excluding hydrogens is 304 g/mol. The third kappa shape index (κ3) is 3.35. The van der Waals surface area contributed by atoms with Gasteiger partial charge in [0, 0.05) is 10.2 Å². The molecule has 19 heavy (non-hydrogen) atoms. The molecule has 0 radical (unpaired) electrons. The van der Waals surface area contributed by atoms with Crippen LogP contribution in [-0.4, -0.2) is 5.91 Å². The molecule has 98 valence electrons. The zero-order valence-corrected chi connectivity index (χ0v) is 12.1. The van der Waals surface area contributed by atoms with Gasteiger partial charge in [-0.25, -0.2) is 0 Å². The van der Waals surface area contributed by atoms with E-state index in [4.69, 9.17) is 5.73 Å². The molecule has 3 nitrogen and oxygen atoms in total. The van der Waals surface area contributed by atoms with Crippen LogP contribution in [0.5, 0.6) is 0 Å². The molecule has 2 rings (SSSR count). The van der Waals surface area contributed by atoms with Crippen molar-refractivity contribution in [3.8, 4) is 0 Å². The summed E-state index contributed by atoms with van der Waals surface area (Å²) in [7, 11) is 0. The van der Waals surface area contributed by atoms with Gasteiger partial charge in [-0.2, -0.15) is 0 Å². The van der Waals surface area contributed by atoms with Crippen molar-refractivity contribution in [2.24, 2.45) is 0 Å². The second kappa shape index (κ2) is 5.89. The topological polar surface area (TPSA) is 55.1 Å². The van der Waals surface area contributed by atoms with Crippen LogP contribution >= 0.6 is 15.9 Å². The number of halogens is 1. The summed E-state index contributed by atoms with van der Waals surface area (Å²) < 4.78 is 0.859. The lowest BCUT2D eigenvalue weighted by molar-refractivity contribution is 0.0941. The Morgan fingerprint density at radius 3 is 2.53 bits per heavy atom. The van der Waals surface area contributed by atoms with Gasteiger partial charge in [0.15, 0.2) is 0 Å². The average Bonchev–Trinajstić information content (AvgIpc) is 2.39. The van der Waals surface area contributed by atoms with E-state index in [1.807, 2.05) is 37.3 Å². The van der Waals surface area contributed by atoms with Gasteiger partial charge in [-0.15, -0.1) is 0 Å². The van der Waals surface area contributed by atoms with Crippen molar-refractivity contribution in [1.29, 1.82) is 0 Å². The van der Waals surface area contributed by atoms with Crippen LogP contribution in [-0.2, 0) is 0 Å². The maximum atomic E-state index is 12.2. The van der Waals surface area contributed by atoms with Gasteiger partial charge >= 0.3 is 0 Å². The normalized spacial score (nSPS) is 11.9. The van der Waals surface area contributed by atoms with E-state index in [0.717, 1.165) is 10.0 Å². The summed E-state index contributed by atoms with van der Waals surface area (Å²) in [6.45, 7) is 1.95. The smallest absolute Gasteiger partial charge is 0.253 e. The SMILES string of the molecule is C[C@@H](NC(=O)c1ccc(Br)cc1N)c1ccccc1. The molecule has 3 N–H and O–H groups in total. The minimum atomic E-state index is -0.165. The summed E-state index contributed by atoms with van der Waals surface area (Å²) in [6, 6.07) is 15.0. The number of nitrogens with two attached hydrogens (primary N) is 1. The van der Waals surface area contributed by atoms with E-state index in [-0.39, 0.29) is 11.9 Å². The van der Waals surface area contributed by atoms with Crippen LogP contribution in [0.2, 0.25) is 0 Å². The molecule has 1 atom stereocenters. The van der Waals surface area contributed by atoms with Gasteiger partial charge in [0.05, 0.1) is 11.6 Å². The van der Waals surface area contributed by atoms with E-state index in [2.05, 4.69) is 21.2 Å². The van der Waals surface area contributed by atoms with Crippen molar-refractivity contribution < 1.29 is 4.79 Å². The van der Waals surface area contributed by atoms with Crippen molar-refractivity contribution in [2.45, 2.75) is 13.0 Å². The van der Waals surface area contributed by atoms with Crippen LogP contribution in [0, 0.1) is 0 Å². The van der Waals surface area contributed by atoms with Crippen molar-refractivity contribution in [2.75, 3.05) is 5.73 Å². The molecule has 2 aromatic rings. The summed E-state index contributed by atoms with van der Waals surface area (Å²) >= 11 is 3.32. The maximum absolute atomic E-state index is 12.2. The number of rotatable bonds is 3. The third-order valence-corrected chi connectivity index (χ3v) is 3.40. The fourth-order valence-electron chi connectivity index (χ4n) is 1.84. The highest BCUT2D eigenvalue weighted by atomic mass is 79.9.